The van der Waals surface area contributed by atoms with Crippen LogP contribution in [0.2, 0.25) is 0 Å². The summed E-state index contributed by atoms with van der Waals surface area (Å²) in [6.45, 7) is 1.63. The number of sulfone groups is 1. The van der Waals surface area contributed by atoms with E-state index in [9.17, 15) is 18.0 Å². The minimum atomic E-state index is -3.40. The first kappa shape index (κ1) is 19.1. The molecule has 2 amide bonds. The van der Waals surface area contributed by atoms with Gasteiger partial charge in [-0.25, -0.2) is 8.42 Å². The van der Waals surface area contributed by atoms with Crippen LogP contribution in [0.1, 0.15) is 15.9 Å². The summed E-state index contributed by atoms with van der Waals surface area (Å²) in [5, 5.41) is 5.18. The molecule has 0 aliphatic heterocycles. The molecule has 0 fully saturated rings. The number of nitrogens with one attached hydrogen (secondary N) is 2. The van der Waals surface area contributed by atoms with Crippen molar-refractivity contribution in [1.82, 2.24) is 5.32 Å². The van der Waals surface area contributed by atoms with Gasteiger partial charge in [0.2, 0.25) is 5.91 Å². The van der Waals surface area contributed by atoms with Crippen molar-refractivity contribution in [1.29, 1.82) is 0 Å². The number of hydrogen-bond acceptors (Lipinski definition) is 4. The fraction of sp³-hybridized carbons (Fsp3) is 0.176. The summed E-state index contributed by atoms with van der Waals surface area (Å²) in [7, 11) is -3.40. The van der Waals surface area contributed by atoms with Gasteiger partial charge in [0.1, 0.15) is 0 Å². The van der Waals surface area contributed by atoms with E-state index in [1.165, 1.54) is 24.3 Å². The van der Waals surface area contributed by atoms with E-state index in [0.29, 0.717) is 5.69 Å². The lowest BCUT2D eigenvalue weighted by atomic mass is 10.2. The minimum absolute atomic E-state index is 0.0510. The molecule has 0 radical (unpaired) electrons. The molecule has 2 rings (SSSR count). The van der Waals surface area contributed by atoms with Crippen molar-refractivity contribution in [3.63, 3.8) is 0 Å². The maximum atomic E-state index is 12.1. The Bertz CT molecular complexity index is 926. The lowest BCUT2D eigenvalue weighted by Gasteiger charge is -2.10. The van der Waals surface area contributed by atoms with Crippen LogP contribution in [0.4, 0.5) is 5.69 Å². The average Bonchev–Trinajstić information content (AvgIpc) is 2.54. The van der Waals surface area contributed by atoms with Crippen LogP contribution in [-0.2, 0) is 14.6 Å². The Kier molecular flexibility index (Phi) is 5.97. The third-order valence-electron chi connectivity index (χ3n) is 3.40. The van der Waals surface area contributed by atoms with Crippen molar-refractivity contribution >= 4 is 43.3 Å². The summed E-state index contributed by atoms with van der Waals surface area (Å²) < 4.78 is 24.0. The van der Waals surface area contributed by atoms with Crippen molar-refractivity contribution in [2.75, 3.05) is 18.1 Å². The number of benzene rings is 2. The van der Waals surface area contributed by atoms with Gasteiger partial charge >= 0.3 is 0 Å². The van der Waals surface area contributed by atoms with E-state index in [0.717, 1.165) is 16.3 Å². The zero-order valence-electron chi connectivity index (χ0n) is 13.7. The number of aryl methyl sites for hydroxylation is 1. The Morgan fingerprint density at radius 1 is 1.12 bits per heavy atom. The van der Waals surface area contributed by atoms with Crippen molar-refractivity contribution < 1.29 is 18.0 Å². The summed E-state index contributed by atoms with van der Waals surface area (Å²) >= 11 is 3.35. The first-order valence-electron chi connectivity index (χ1n) is 7.31. The molecule has 0 heterocycles. The summed E-state index contributed by atoms with van der Waals surface area (Å²) in [5.74, 6) is -0.897. The van der Waals surface area contributed by atoms with Gasteiger partial charge in [0, 0.05) is 22.0 Å². The number of anilines is 1. The van der Waals surface area contributed by atoms with E-state index in [1.54, 1.807) is 12.1 Å². The second-order valence-electron chi connectivity index (χ2n) is 5.49. The highest BCUT2D eigenvalue weighted by Crippen LogP contribution is 2.19. The monoisotopic (exact) mass is 424 g/mol. The van der Waals surface area contributed by atoms with E-state index in [2.05, 4.69) is 26.6 Å². The van der Waals surface area contributed by atoms with Crippen LogP contribution in [-0.4, -0.2) is 33.0 Å². The summed E-state index contributed by atoms with van der Waals surface area (Å²) in [4.78, 5) is 24.1. The highest BCUT2D eigenvalue weighted by atomic mass is 79.9. The highest BCUT2D eigenvalue weighted by molar-refractivity contribution is 9.10. The molecule has 8 heteroatoms. The molecule has 0 spiro atoms. The van der Waals surface area contributed by atoms with Gasteiger partial charge in [-0.15, -0.1) is 0 Å². The first-order valence-corrected chi connectivity index (χ1v) is 9.99. The Morgan fingerprint density at radius 3 is 2.48 bits per heavy atom. The van der Waals surface area contributed by atoms with Crippen molar-refractivity contribution in [3.8, 4) is 0 Å². The molecule has 0 saturated heterocycles. The molecule has 132 valence electrons. The van der Waals surface area contributed by atoms with Gasteiger partial charge in [-0.3, -0.25) is 9.59 Å². The van der Waals surface area contributed by atoms with Gasteiger partial charge in [-0.05, 0) is 48.9 Å². The zero-order valence-corrected chi connectivity index (χ0v) is 16.1. The number of hydrogen-bond donors (Lipinski definition) is 2. The van der Waals surface area contributed by atoms with Crippen LogP contribution in [0.5, 0.6) is 0 Å². The average molecular weight is 425 g/mol. The SMILES string of the molecule is Cc1cc(Br)ccc1NC(=O)CNC(=O)c1cccc(S(C)(=O)=O)c1. The number of amides is 2. The predicted molar refractivity (Wildman–Crippen MR) is 99.4 cm³/mol. The molecule has 0 saturated carbocycles. The maximum Gasteiger partial charge on any atom is 0.251 e. The van der Waals surface area contributed by atoms with E-state index in [-0.39, 0.29) is 22.9 Å². The predicted octanol–water partition coefficient (Wildman–Crippen LogP) is 2.53. The second kappa shape index (κ2) is 7.79. The van der Waals surface area contributed by atoms with Crippen LogP contribution < -0.4 is 10.6 Å². The molecule has 0 aromatic heterocycles. The van der Waals surface area contributed by atoms with Gasteiger partial charge < -0.3 is 10.6 Å². The van der Waals surface area contributed by atoms with Crippen LogP contribution in [0.3, 0.4) is 0 Å². The molecule has 2 N–H and O–H groups in total. The van der Waals surface area contributed by atoms with Gasteiger partial charge in [-0.1, -0.05) is 22.0 Å². The summed E-state index contributed by atoms with van der Waals surface area (Å²) in [6.07, 6.45) is 1.07. The van der Waals surface area contributed by atoms with Gasteiger partial charge in [-0.2, -0.15) is 0 Å². The number of carbonyl (C=O) groups excluding carboxylic acids is 2. The standard InChI is InChI=1S/C17H17BrN2O4S/c1-11-8-13(18)6-7-15(11)20-16(21)10-19-17(22)12-4-3-5-14(9-12)25(2,23)24/h3-9H,10H2,1-2H3,(H,19,22)(H,20,21). The van der Waals surface area contributed by atoms with Crippen molar-refractivity contribution in [2.24, 2.45) is 0 Å². The molecule has 2 aromatic rings. The maximum absolute atomic E-state index is 12.1. The van der Waals surface area contributed by atoms with E-state index in [1.807, 2.05) is 13.0 Å². The lowest BCUT2D eigenvalue weighted by Crippen LogP contribution is -2.33. The molecular formula is C17H17BrN2O4S. The van der Waals surface area contributed by atoms with Gasteiger partial charge in [0.15, 0.2) is 9.84 Å². The molecule has 0 atom stereocenters. The topological polar surface area (TPSA) is 92.3 Å². The largest absolute Gasteiger partial charge is 0.343 e. The normalized spacial score (nSPS) is 11.0. The molecule has 0 bridgehead atoms. The Balaban J connectivity index is 1.99. The Hall–Kier alpha value is -2.19. The molecule has 0 aliphatic rings. The van der Waals surface area contributed by atoms with Crippen LogP contribution >= 0.6 is 15.9 Å². The van der Waals surface area contributed by atoms with E-state index in [4.69, 9.17) is 0 Å². The van der Waals surface area contributed by atoms with Gasteiger partial charge in [0.05, 0.1) is 11.4 Å². The number of carbonyl (C=O) groups is 2. The second-order valence-corrected chi connectivity index (χ2v) is 8.42. The molecule has 0 unspecified atom stereocenters. The number of halogens is 1. The van der Waals surface area contributed by atoms with E-state index >= 15 is 0 Å². The molecular weight excluding hydrogens is 408 g/mol. The molecule has 6 nitrogen and oxygen atoms in total. The quantitative estimate of drug-likeness (QED) is 0.770. The zero-order chi connectivity index (χ0) is 18.6. The Labute approximate surface area is 154 Å². The lowest BCUT2D eigenvalue weighted by molar-refractivity contribution is -0.115. The van der Waals surface area contributed by atoms with Crippen LogP contribution in [0.15, 0.2) is 51.8 Å². The fourth-order valence-electron chi connectivity index (χ4n) is 2.09. The summed E-state index contributed by atoms with van der Waals surface area (Å²) in [5.41, 5.74) is 1.71. The molecule has 2 aromatic carbocycles. The third-order valence-corrected chi connectivity index (χ3v) is 5.00. The Morgan fingerprint density at radius 2 is 1.84 bits per heavy atom. The van der Waals surface area contributed by atoms with Crippen LogP contribution in [0, 0.1) is 6.92 Å². The van der Waals surface area contributed by atoms with E-state index < -0.39 is 15.7 Å². The summed E-state index contributed by atoms with van der Waals surface area (Å²) in [6, 6.07) is 11.1. The highest BCUT2D eigenvalue weighted by Gasteiger charge is 2.13. The third kappa shape index (κ3) is 5.40. The fourth-order valence-corrected chi connectivity index (χ4v) is 3.23. The minimum Gasteiger partial charge on any atom is -0.343 e. The van der Waals surface area contributed by atoms with Gasteiger partial charge in [0.25, 0.3) is 5.91 Å². The number of rotatable bonds is 5. The van der Waals surface area contributed by atoms with Crippen LogP contribution in [0.25, 0.3) is 0 Å². The molecule has 0 aliphatic carbocycles. The smallest absolute Gasteiger partial charge is 0.251 e. The van der Waals surface area contributed by atoms with Crippen molar-refractivity contribution in [2.45, 2.75) is 11.8 Å². The van der Waals surface area contributed by atoms with Crippen molar-refractivity contribution in [3.05, 3.63) is 58.1 Å². The molecule has 25 heavy (non-hydrogen) atoms. The first-order chi connectivity index (χ1) is 11.7.